The van der Waals surface area contributed by atoms with E-state index in [1.165, 1.54) is 15.6 Å². The van der Waals surface area contributed by atoms with E-state index < -0.39 is 10.0 Å². The van der Waals surface area contributed by atoms with Gasteiger partial charge in [-0.05, 0) is 32.8 Å². The summed E-state index contributed by atoms with van der Waals surface area (Å²) in [6.45, 7) is 5.24. The third-order valence-corrected chi connectivity index (χ3v) is 6.90. The zero-order chi connectivity index (χ0) is 16.3. The molecule has 1 unspecified atom stereocenters. The number of aryl methyl sites for hydroxylation is 2. The molecule has 1 aliphatic heterocycles. The van der Waals surface area contributed by atoms with Crippen LogP contribution < -0.4 is 11.1 Å². The Bertz CT molecular complexity index is 646. The summed E-state index contributed by atoms with van der Waals surface area (Å²) in [5, 5.41) is 2.75. The molecule has 0 spiro atoms. The Hall–Kier alpha value is -0.670. The summed E-state index contributed by atoms with van der Waals surface area (Å²) in [6, 6.07) is 1.72. The molecule has 3 N–H and O–H groups in total. The third-order valence-electron chi connectivity index (χ3n) is 3.81. The van der Waals surface area contributed by atoms with Crippen LogP contribution in [0.2, 0.25) is 0 Å². The Morgan fingerprint density at radius 1 is 1.48 bits per heavy atom. The number of nitrogens with zero attached hydrogens (tertiary/aromatic N) is 1. The van der Waals surface area contributed by atoms with Crippen LogP contribution in [0.25, 0.3) is 0 Å². The van der Waals surface area contributed by atoms with Crippen molar-refractivity contribution < 1.29 is 13.2 Å². The molecule has 0 aromatic carbocycles. The topological polar surface area (TPSA) is 92.5 Å². The Labute approximate surface area is 147 Å². The van der Waals surface area contributed by atoms with E-state index in [0.717, 1.165) is 9.75 Å². The molecule has 1 aromatic rings. The highest BCUT2D eigenvalue weighted by Gasteiger charge is 2.34. The van der Waals surface area contributed by atoms with Gasteiger partial charge in [0.25, 0.3) is 0 Å². The van der Waals surface area contributed by atoms with Gasteiger partial charge in [0.15, 0.2) is 0 Å². The lowest BCUT2D eigenvalue weighted by atomic mass is 9.99. The Morgan fingerprint density at radius 3 is 2.74 bits per heavy atom. The van der Waals surface area contributed by atoms with E-state index in [0.29, 0.717) is 37.4 Å². The number of amides is 1. The number of sulfonamides is 1. The lowest BCUT2D eigenvalue weighted by molar-refractivity contribution is -0.126. The summed E-state index contributed by atoms with van der Waals surface area (Å²) in [5.41, 5.74) is 5.38. The molecule has 1 atom stereocenters. The average Bonchev–Trinajstić information content (AvgIpc) is 2.84. The lowest BCUT2D eigenvalue weighted by Gasteiger charge is -2.31. The van der Waals surface area contributed by atoms with Gasteiger partial charge in [0.1, 0.15) is 0 Å². The van der Waals surface area contributed by atoms with Crippen LogP contribution in [0, 0.1) is 19.8 Å². The van der Waals surface area contributed by atoms with E-state index in [9.17, 15) is 13.2 Å². The Balaban J connectivity index is 0.00000264. The van der Waals surface area contributed by atoms with Crippen LogP contribution in [0.4, 0.5) is 0 Å². The van der Waals surface area contributed by atoms with Gasteiger partial charge in [-0.1, -0.05) is 0 Å². The van der Waals surface area contributed by atoms with Gasteiger partial charge in [0, 0.05) is 35.9 Å². The number of hydrogen-bond acceptors (Lipinski definition) is 5. The van der Waals surface area contributed by atoms with Gasteiger partial charge in [0.05, 0.1) is 10.8 Å². The van der Waals surface area contributed by atoms with E-state index in [4.69, 9.17) is 5.73 Å². The van der Waals surface area contributed by atoms with Crippen molar-refractivity contribution in [2.45, 2.75) is 31.6 Å². The normalized spacial score (nSPS) is 19.2. The Kier molecular flexibility index (Phi) is 7.47. The highest BCUT2D eigenvalue weighted by Crippen LogP contribution is 2.30. The first-order valence-corrected chi connectivity index (χ1v) is 9.67. The van der Waals surface area contributed by atoms with Crippen LogP contribution in [0.3, 0.4) is 0 Å². The summed E-state index contributed by atoms with van der Waals surface area (Å²) < 4.78 is 27.0. The van der Waals surface area contributed by atoms with E-state index >= 15 is 0 Å². The minimum absolute atomic E-state index is 0. The van der Waals surface area contributed by atoms with Crippen molar-refractivity contribution in [3.63, 3.8) is 0 Å². The van der Waals surface area contributed by atoms with Crippen LogP contribution in [0.1, 0.15) is 22.6 Å². The van der Waals surface area contributed by atoms with E-state index in [-0.39, 0.29) is 30.8 Å². The molecule has 0 saturated carbocycles. The average molecular weight is 382 g/mol. The number of nitrogens with one attached hydrogen (secondary N) is 1. The fourth-order valence-electron chi connectivity index (χ4n) is 2.72. The summed E-state index contributed by atoms with van der Waals surface area (Å²) in [6.07, 6.45) is 1.41. The first kappa shape index (κ1) is 20.4. The van der Waals surface area contributed by atoms with Gasteiger partial charge in [-0.3, -0.25) is 4.79 Å². The molecule has 1 amide bonds. The quantitative estimate of drug-likeness (QED) is 0.803. The SMILES string of the molecule is Cc1cc(S(=O)(=O)N2CCCC(C(=O)NCCN)C2)c(C)s1.Cl. The maximum Gasteiger partial charge on any atom is 0.244 e. The summed E-state index contributed by atoms with van der Waals surface area (Å²) in [7, 11) is -3.52. The number of carbonyl (C=O) groups is 1. The number of piperidine rings is 1. The van der Waals surface area contributed by atoms with Gasteiger partial charge in [-0.2, -0.15) is 4.31 Å². The molecule has 23 heavy (non-hydrogen) atoms. The van der Waals surface area contributed by atoms with Crippen molar-refractivity contribution in [3.8, 4) is 0 Å². The van der Waals surface area contributed by atoms with Crippen molar-refractivity contribution in [2.75, 3.05) is 26.2 Å². The first-order chi connectivity index (χ1) is 10.4. The third kappa shape index (κ3) is 4.67. The molecular formula is C14H24ClN3O3S2. The number of rotatable bonds is 5. The second kappa shape index (κ2) is 8.43. The van der Waals surface area contributed by atoms with Crippen molar-refractivity contribution >= 4 is 39.7 Å². The minimum Gasteiger partial charge on any atom is -0.355 e. The molecule has 9 heteroatoms. The number of halogens is 1. The molecule has 0 bridgehead atoms. The predicted octanol–water partition coefficient (Wildman–Crippen LogP) is 1.26. The van der Waals surface area contributed by atoms with Crippen LogP contribution >= 0.6 is 23.7 Å². The number of thiophene rings is 1. The molecule has 2 rings (SSSR count). The predicted molar refractivity (Wildman–Crippen MR) is 94.6 cm³/mol. The van der Waals surface area contributed by atoms with E-state index in [1.807, 2.05) is 13.8 Å². The molecule has 0 aliphatic carbocycles. The molecular weight excluding hydrogens is 358 g/mol. The van der Waals surface area contributed by atoms with Gasteiger partial charge >= 0.3 is 0 Å². The molecule has 1 saturated heterocycles. The molecule has 1 aliphatic rings. The summed E-state index contributed by atoms with van der Waals surface area (Å²) >= 11 is 1.48. The first-order valence-electron chi connectivity index (χ1n) is 7.41. The lowest BCUT2D eigenvalue weighted by Crippen LogP contribution is -2.46. The fraction of sp³-hybridized carbons (Fsp3) is 0.643. The molecule has 1 fully saturated rings. The van der Waals surface area contributed by atoms with Gasteiger partial charge in [-0.15, -0.1) is 23.7 Å². The van der Waals surface area contributed by atoms with Crippen LogP contribution in [-0.4, -0.2) is 44.8 Å². The standard InChI is InChI=1S/C14H23N3O3S2.ClH/c1-10-8-13(11(2)21-10)22(19,20)17-7-3-4-12(9-17)14(18)16-6-5-15;/h8,12H,3-7,9,15H2,1-2H3,(H,16,18);1H. The molecule has 0 radical (unpaired) electrons. The van der Waals surface area contributed by atoms with E-state index in [2.05, 4.69) is 5.32 Å². The zero-order valence-corrected chi connectivity index (χ0v) is 15.8. The van der Waals surface area contributed by atoms with Crippen molar-refractivity contribution in [2.24, 2.45) is 11.7 Å². The summed E-state index contributed by atoms with van der Waals surface area (Å²) in [4.78, 5) is 14.2. The van der Waals surface area contributed by atoms with E-state index in [1.54, 1.807) is 6.07 Å². The highest BCUT2D eigenvalue weighted by atomic mass is 35.5. The van der Waals surface area contributed by atoms with Gasteiger partial charge < -0.3 is 11.1 Å². The fourth-order valence-corrected chi connectivity index (χ4v) is 5.76. The maximum atomic E-state index is 12.8. The van der Waals surface area contributed by atoms with Crippen molar-refractivity contribution in [1.82, 2.24) is 9.62 Å². The zero-order valence-electron chi connectivity index (χ0n) is 13.4. The van der Waals surface area contributed by atoms with Crippen molar-refractivity contribution in [3.05, 3.63) is 15.8 Å². The van der Waals surface area contributed by atoms with Crippen LogP contribution in [0.5, 0.6) is 0 Å². The minimum atomic E-state index is -3.52. The molecule has 6 nitrogen and oxygen atoms in total. The van der Waals surface area contributed by atoms with Crippen LogP contribution in [-0.2, 0) is 14.8 Å². The second-order valence-corrected chi connectivity index (χ2v) is 8.93. The molecule has 132 valence electrons. The number of nitrogens with two attached hydrogens (primary N) is 1. The largest absolute Gasteiger partial charge is 0.355 e. The Morgan fingerprint density at radius 2 is 2.17 bits per heavy atom. The summed E-state index contributed by atoms with van der Waals surface area (Å²) in [5.74, 6) is -0.404. The molecule has 2 heterocycles. The second-order valence-electron chi connectivity index (χ2n) is 5.56. The van der Waals surface area contributed by atoms with Gasteiger partial charge in [0.2, 0.25) is 15.9 Å². The smallest absolute Gasteiger partial charge is 0.244 e. The number of hydrogen-bond donors (Lipinski definition) is 2. The van der Waals surface area contributed by atoms with Crippen LogP contribution in [0.15, 0.2) is 11.0 Å². The number of carbonyl (C=O) groups excluding carboxylic acids is 1. The van der Waals surface area contributed by atoms with Crippen molar-refractivity contribution in [1.29, 1.82) is 0 Å². The maximum absolute atomic E-state index is 12.8. The van der Waals surface area contributed by atoms with Gasteiger partial charge in [-0.25, -0.2) is 8.42 Å². The molecule has 1 aromatic heterocycles. The highest BCUT2D eigenvalue weighted by molar-refractivity contribution is 7.89. The monoisotopic (exact) mass is 381 g/mol.